The first-order valence-electron chi connectivity index (χ1n) is 2.66. The van der Waals surface area contributed by atoms with Crippen LogP contribution in [-0.4, -0.2) is 67.4 Å². The van der Waals surface area contributed by atoms with E-state index in [1.807, 2.05) is 0 Å². The van der Waals surface area contributed by atoms with Crippen molar-refractivity contribution < 1.29 is 34.1 Å². The third-order valence-corrected chi connectivity index (χ3v) is 0.537. The molecule has 0 saturated carbocycles. The van der Waals surface area contributed by atoms with Crippen molar-refractivity contribution in [3.63, 3.8) is 0 Å². The summed E-state index contributed by atoms with van der Waals surface area (Å²) in [6.45, 7) is 0. The predicted octanol–water partition coefficient (Wildman–Crippen LogP) is -3.37. The number of hydrogen-bond acceptors (Lipinski definition) is 7. The van der Waals surface area contributed by atoms with Crippen LogP contribution >= 0.6 is 0 Å². The van der Waals surface area contributed by atoms with E-state index in [0.717, 1.165) is 14.2 Å². The Morgan fingerprint density at radius 3 is 1.23 bits per heavy atom. The van der Waals surface area contributed by atoms with Crippen molar-refractivity contribution >= 4 is 38.1 Å². The van der Waals surface area contributed by atoms with Gasteiger partial charge in [0, 0.05) is 0 Å². The molecular formula is C4H10BLiO7. The number of ether oxygens (including phenoxy) is 2. The van der Waals surface area contributed by atoms with E-state index in [4.69, 9.17) is 15.1 Å². The molecule has 3 N–H and O–H groups in total. The van der Waals surface area contributed by atoms with E-state index in [1.165, 1.54) is 0 Å². The van der Waals surface area contributed by atoms with Gasteiger partial charge in [-0.15, -0.1) is 0 Å². The van der Waals surface area contributed by atoms with Crippen molar-refractivity contribution in [3.8, 4) is 0 Å². The summed E-state index contributed by atoms with van der Waals surface area (Å²) in [7, 11) is 0.0541. The molecule has 0 heterocycles. The van der Waals surface area contributed by atoms with Crippen LogP contribution in [0.25, 0.3) is 0 Å². The van der Waals surface area contributed by atoms with Crippen molar-refractivity contribution in [1.29, 1.82) is 0 Å². The molecule has 0 aromatic rings. The second kappa shape index (κ2) is 11.5. The van der Waals surface area contributed by atoms with Gasteiger partial charge < -0.3 is 24.5 Å². The van der Waals surface area contributed by atoms with Gasteiger partial charge in [-0.2, -0.15) is 0 Å². The summed E-state index contributed by atoms with van der Waals surface area (Å²) < 4.78 is 7.98. The zero-order valence-electron chi connectivity index (χ0n) is 6.55. The van der Waals surface area contributed by atoms with Crippen molar-refractivity contribution in [3.05, 3.63) is 0 Å². The third-order valence-electron chi connectivity index (χ3n) is 0.537. The molecule has 0 aliphatic rings. The molecule has 13 heavy (non-hydrogen) atoms. The van der Waals surface area contributed by atoms with Gasteiger partial charge in [0.15, 0.2) is 0 Å². The molecule has 0 aliphatic heterocycles. The van der Waals surface area contributed by atoms with Gasteiger partial charge in [0.1, 0.15) is 0 Å². The van der Waals surface area contributed by atoms with Crippen LogP contribution < -0.4 is 0 Å². The normalized spacial score (nSPS) is 6.85. The van der Waals surface area contributed by atoms with E-state index < -0.39 is 19.3 Å². The Labute approximate surface area is 87.0 Å². The van der Waals surface area contributed by atoms with Crippen LogP contribution in [0, 0.1) is 0 Å². The molecule has 0 aromatic carbocycles. The fourth-order valence-corrected chi connectivity index (χ4v) is 0.167. The molecule has 0 fully saturated rings. The van der Waals surface area contributed by atoms with Gasteiger partial charge in [-0.05, 0) is 0 Å². The molecule has 9 heteroatoms. The molecule has 0 amide bonds. The first-order valence-corrected chi connectivity index (χ1v) is 2.66. The summed E-state index contributed by atoms with van der Waals surface area (Å²) >= 11 is 0. The Morgan fingerprint density at radius 1 is 1.00 bits per heavy atom. The minimum atomic E-state index is -2.17. The fourth-order valence-electron chi connectivity index (χ4n) is 0.167. The average Bonchev–Trinajstić information content (AvgIpc) is 2.00. The number of esters is 2. The third kappa shape index (κ3) is 18.4. The fraction of sp³-hybridized carbons (Fsp3) is 0.500. The average molecular weight is 188 g/mol. The molecule has 0 rings (SSSR count). The van der Waals surface area contributed by atoms with Gasteiger partial charge in [-0.1, -0.05) is 0 Å². The van der Waals surface area contributed by atoms with Crippen molar-refractivity contribution in [2.45, 2.75) is 0 Å². The SMILES string of the molecule is COC(=O)C(=O)OC.OB(O)O.[LiH]. The van der Waals surface area contributed by atoms with Gasteiger partial charge in [0.2, 0.25) is 0 Å². The first-order chi connectivity index (χ1) is 5.45. The van der Waals surface area contributed by atoms with Gasteiger partial charge in [-0.25, -0.2) is 9.59 Å². The van der Waals surface area contributed by atoms with Gasteiger partial charge in [0.25, 0.3) is 0 Å². The Bertz CT molecular complexity index is 133. The summed E-state index contributed by atoms with van der Waals surface area (Å²) in [4.78, 5) is 20.1. The molecule has 7 nitrogen and oxygen atoms in total. The van der Waals surface area contributed by atoms with Crippen LogP contribution in [0.1, 0.15) is 0 Å². The van der Waals surface area contributed by atoms with E-state index in [9.17, 15) is 9.59 Å². The molecule has 0 radical (unpaired) electrons. The number of carbonyl (C=O) groups excluding carboxylic acids is 2. The maximum absolute atomic E-state index is 10.0. The Balaban J connectivity index is -0.000000173. The first kappa shape index (κ1) is 18.3. The second-order valence-corrected chi connectivity index (χ2v) is 1.33. The molecule has 0 saturated heterocycles. The van der Waals surface area contributed by atoms with Crippen LogP contribution in [0.2, 0.25) is 0 Å². The number of rotatable bonds is 0. The zero-order chi connectivity index (χ0) is 10.1. The Morgan fingerprint density at radius 2 is 1.15 bits per heavy atom. The van der Waals surface area contributed by atoms with Crippen LogP contribution in [0.3, 0.4) is 0 Å². The maximum atomic E-state index is 10.0. The predicted molar refractivity (Wildman–Crippen MR) is 43.6 cm³/mol. The minimum absolute atomic E-state index is 0. The summed E-state index contributed by atoms with van der Waals surface area (Å²) in [6, 6.07) is 0. The van der Waals surface area contributed by atoms with E-state index in [1.54, 1.807) is 0 Å². The van der Waals surface area contributed by atoms with E-state index in [2.05, 4.69) is 9.47 Å². The Kier molecular flexibility index (Phi) is 16.2. The van der Waals surface area contributed by atoms with Gasteiger partial charge >= 0.3 is 38.1 Å². The Hall–Kier alpha value is -0.518. The molecule has 0 unspecified atom stereocenters. The summed E-state index contributed by atoms with van der Waals surface area (Å²) in [5, 5.41) is 21.5. The van der Waals surface area contributed by atoms with E-state index in [0.29, 0.717) is 0 Å². The molecule has 0 atom stereocenters. The van der Waals surface area contributed by atoms with Crippen LogP contribution in [0.4, 0.5) is 0 Å². The standard InChI is InChI=1S/C4H6O4.BH3O3.Li.H/c1-7-3(5)4(6)8-2;2-1(3)4;;/h1-2H3;2-4H;;. The molecular weight excluding hydrogens is 178 g/mol. The summed E-state index contributed by atoms with van der Waals surface area (Å²) in [5.41, 5.74) is 0. The topological polar surface area (TPSA) is 113 Å². The summed E-state index contributed by atoms with van der Waals surface area (Å²) in [6.07, 6.45) is 0. The van der Waals surface area contributed by atoms with Crippen molar-refractivity contribution in [2.75, 3.05) is 14.2 Å². The van der Waals surface area contributed by atoms with Crippen LogP contribution in [0.5, 0.6) is 0 Å². The number of hydrogen-bond donors (Lipinski definition) is 3. The second-order valence-electron chi connectivity index (χ2n) is 1.33. The number of methoxy groups -OCH3 is 2. The quantitative estimate of drug-likeness (QED) is 0.206. The van der Waals surface area contributed by atoms with Crippen molar-refractivity contribution in [1.82, 2.24) is 0 Å². The molecule has 0 aromatic heterocycles. The van der Waals surface area contributed by atoms with E-state index in [-0.39, 0.29) is 18.9 Å². The molecule has 0 spiro atoms. The van der Waals surface area contributed by atoms with Crippen LogP contribution in [-0.2, 0) is 19.1 Å². The van der Waals surface area contributed by atoms with Gasteiger partial charge in [0.05, 0.1) is 14.2 Å². The molecule has 0 bridgehead atoms. The number of carbonyl (C=O) groups is 2. The van der Waals surface area contributed by atoms with Gasteiger partial charge in [-0.3, -0.25) is 0 Å². The summed E-state index contributed by atoms with van der Waals surface area (Å²) in [5.74, 6) is -1.96. The van der Waals surface area contributed by atoms with Crippen molar-refractivity contribution in [2.24, 2.45) is 0 Å². The van der Waals surface area contributed by atoms with E-state index >= 15 is 0 Å². The zero-order valence-corrected chi connectivity index (χ0v) is 6.55. The molecule has 72 valence electrons. The van der Waals surface area contributed by atoms with Crippen LogP contribution in [0.15, 0.2) is 0 Å². The monoisotopic (exact) mass is 188 g/mol. The molecule has 0 aliphatic carbocycles.